The molecule has 164 valence electrons. The van der Waals surface area contributed by atoms with Crippen molar-refractivity contribution >= 4 is 39.3 Å². The number of aromatic nitrogens is 1. The van der Waals surface area contributed by atoms with E-state index in [0.717, 1.165) is 29.9 Å². The van der Waals surface area contributed by atoms with Crippen molar-refractivity contribution in [2.45, 2.75) is 37.0 Å². The third-order valence-electron chi connectivity index (χ3n) is 5.91. The number of H-pyrrole nitrogens is 1. The summed E-state index contributed by atoms with van der Waals surface area (Å²) in [4.78, 5) is 15.7. The Labute approximate surface area is 187 Å². The Bertz CT molecular complexity index is 964. The van der Waals surface area contributed by atoms with Gasteiger partial charge in [-0.15, -0.1) is 0 Å². The highest BCUT2D eigenvalue weighted by atomic mass is 35.5. The summed E-state index contributed by atoms with van der Waals surface area (Å²) >= 11 is 7.77. The lowest BCUT2D eigenvalue weighted by Gasteiger charge is -2.32. The van der Waals surface area contributed by atoms with Gasteiger partial charge >= 0.3 is 0 Å². The van der Waals surface area contributed by atoms with E-state index in [1.807, 2.05) is 24.3 Å². The van der Waals surface area contributed by atoms with Crippen molar-refractivity contribution in [3.63, 3.8) is 0 Å². The van der Waals surface area contributed by atoms with Crippen LogP contribution < -0.4 is 5.32 Å². The van der Waals surface area contributed by atoms with Crippen molar-refractivity contribution in [3.8, 4) is 0 Å². The van der Waals surface area contributed by atoms with Crippen molar-refractivity contribution in [1.29, 1.82) is 0 Å². The van der Waals surface area contributed by atoms with Gasteiger partial charge in [0, 0.05) is 47.8 Å². The van der Waals surface area contributed by atoms with Gasteiger partial charge in [-0.2, -0.15) is 16.1 Å². The molecule has 2 aromatic rings. The number of nitrogens with one attached hydrogen (secondary N) is 2. The maximum absolute atomic E-state index is 12.8. The normalized spacial score (nSPS) is 15.8. The van der Waals surface area contributed by atoms with Crippen LogP contribution in [0, 0.1) is 0 Å². The second-order valence-corrected chi connectivity index (χ2v) is 11.0. The summed E-state index contributed by atoms with van der Waals surface area (Å²) in [6.45, 7) is 5.64. The van der Waals surface area contributed by atoms with Gasteiger partial charge in [0.25, 0.3) is 5.91 Å². The average Bonchev–Trinajstić information content (AvgIpc) is 3.27. The van der Waals surface area contributed by atoms with Crippen LogP contribution in [0.15, 0.2) is 41.4 Å². The Morgan fingerprint density at radius 1 is 1.20 bits per heavy atom. The second-order valence-electron chi connectivity index (χ2n) is 7.44. The molecule has 1 aliphatic rings. The third kappa shape index (κ3) is 4.88. The maximum atomic E-state index is 12.8. The number of rotatable bonds is 8. The molecule has 1 saturated heterocycles. The molecule has 0 radical (unpaired) electrons. The topological polar surface area (TPSA) is 82.3 Å². The first-order valence-electron chi connectivity index (χ1n) is 10.1. The summed E-state index contributed by atoms with van der Waals surface area (Å²) in [5.74, 6) is 1.27. The zero-order valence-corrected chi connectivity index (χ0v) is 19.7. The van der Waals surface area contributed by atoms with Crippen molar-refractivity contribution in [1.82, 2.24) is 14.6 Å². The summed E-state index contributed by atoms with van der Waals surface area (Å²) in [6, 6.07) is 9.14. The molecule has 2 heterocycles. The zero-order valence-electron chi connectivity index (χ0n) is 17.3. The van der Waals surface area contributed by atoms with E-state index in [2.05, 4.69) is 24.1 Å². The Morgan fingerprint density at radius 2 is 1.83 bits per heavy atom. The van der Waals surface area contributed by atoms with Gasteiger partial charge in [0.1, 0.15) is 10.6 Å². The summed E-state index contributed by atoms with van der Waals surface area (Å²) in [5, 5.41) is 3.66. The largest absolute Gasteiger partial charge is 0.356 e. The number of nitrogens with zero attached hydrogens (tertiary/aromatic N) is 1. The monoisotopic (exact) mass is 469 g/mol. The molecule has 0 spiro atoms. The number of thioether (sulfide) groups is 1. The molecule has 1 aliphatic heterocycles. The van der Waals surface area contributed by atoms with Gasteiger partial charge in [-0.05, 0) is 36.6 Å². The highest BCUT2D eigenvalue weighted by molar-refractivity contribution is 7.99. The number of aromatic amines is 1. The minimum absolute atomic E-state index is 0.134. The minimum atomic E-state index is -3.58. The molecule has 0 saturated carbocycles. The minimum Gasteiger partial charge on any atom is -0.356 e. The van der Waals surface area contributed by atoms with Crippen LogP contribution in [0.25, 0.3) is 0 Å². The SMILES string of the molecule is CCC(CC)(CNC(=O)c1cc(S(=O)(=O)N2CCSCC2)c[nH]1)c1ccc(Cl)cc1. The second kappa shape index (κ2) is 9.77. The fraction of sp³-hybridized carbons (Fsp3) is 0.476. The van der Waals surface area contributed by atoms with Gasteiger partial charge in [-0.25, -0.2) is 8.42 Å². The van der Waals surface area contributed by atoms with E-state index in [9.17, 15) is 13.2 Å². The Morgan fingerprint density at radius 3 is 2.43 bits per heavy atom. The molecule has 9 heteroatoms. The van der Waals surface area contributed by atoms with Gasteiger partial charge in [0.05, 0.1) is 0 Å². The van der Waals surface area contributed by atoms with Crippen LogP contribution in [0.2, 0.25) is 5.02 Å². The molecule has 6 nitrogen and oxygen atoms in total. The van der Waals surface area contributed by atoms with Gasteiger partial charge in [0.15, 0.2) is 0 Å². The molecule has 30 heavy (non-hydrogen) atoms. The highest BCUT2D eigenvalue weighted by Gasteiger charge is 2.30. The number of hydrogen-bond donors (Lipinski definition) is 2. The van der Waals surface area contributed by atoms with E-state index in [0.29, 0.717) is 24.7 Å². The fourth-order valence-electron chi connectivity index (χ4n) is 3.75. The van der Waals surface area contributed by atoms with E-state index in [-0.39, 0.29) is 21.9 Å². The first-order chi connectivity index (χ1) is 14.3. The Hall–Kier alpha value is -1.48. The van der Waals surface area contributed by atoms with Crippen molar-refractivity contribution < 1.29 is 13.2 Å². The van der Waals surface area contributed by atoms with Crippen LogP contribution >= 0.6 is 23.4 Å². The van der Waals surface area contributed by atoms with E-state index in [1.165, 1.54) is 16.6 Å². The van der Waals surface area contributed by atoms with Gasteiger partial charge in [0.2, 0.25) is 10.0 Å². The average molecular weight is 470 g/mol. The van der Waals surface area contributed by atoms with Gasteiger partial charge < -0.3 is 10.3 Å². The number of halogens is 1. The summed E-state index contributed by atoms with van der Waals surface area (Å²) in [5.41, 5.74) is 1.15. The number of hydrogen-bond acceptors (Lipinski definition) is 4. The predicted molar refractivity (Wildman–Crippen MR) is 123 cm³/mol. The number of carbonyl (C=O) groups excluding carboxylic acids is 1. The number of carbonyl (C=O) groups is 1. The number of amides is 1. The molecule has 0 aliphatic carbocycles. The molecule has 1 fully saturated rings. The first kappa shape index (κ1) is 23.2. The lowest BCUT2D eigenvalue weighted by molar-refractivity contribution is 0.0937. The third-order valence-corrected chi connectivity index (χ3v) is 8.98. The van der Waals surface area contributed by atoms with E-state index >= 15 is 0 Å². The van der Waals surface area contributed by atoms with Crippen LogP contribution in [-0.4, -0.2) is 54.8 Å². The lowest BCUT2D eigenvalue weighted by Crippen LogP contribution is -2.40. The van der Waals surface area contributed by atoms with Crippen LogP contribution in [0.3, 0.4) is 0 Å². The summed E-state index contributed by atoms with van der Waals surface area (Å²) in [6.07, 6.45) is 3.10. The Kier molecular flexibility index (Phi) is 7.55. The van der Waals surface area contributed by atoms with Crippen LogP contribution in [0.1, 0.15) is 42.7 Å². The van der Waals surface area contributed by atoms with E-state index in [4.69, 9.17) is 11.6 Å². The molecule has 0 atom stereocenters. The van der Waals surface area contributed by atoms with Crippen LogP contribution in [-0.2, 0) is 15.4 Å². The number of benzene rings is 1. The molecule has 3 rings (SSSR count). The van der Waals surface area contributed by atoms with Crippen LogP contribution in [0.4, 0.5) is 0 Å². The van der Waals surface area contributed by atoms with Gasteiger partial charge in [-0.3, -0.25) is 4.79 Å². The van der Waals surface area contributed by atoms with Crippen molar-refractivity contribution in [3.05, 3.63) is 52.8 Å². The lowest BCUT2D eigenvalue weighted by atomic mass is 9.76. The molecule has 2 N–H and O–H groups in total. The predicted octanol–water partition coefficient (Wildman–Crippen LogP) is 3.89. The standard InChI is InChI=1S/C21H28ClN3O3S2/c1-3-21(4-2,16-5-7-17(22)8-6-16)15-24-20(26)19-13-18(14-23-19)30(27,28)25-9-11-29-12-10-25/h5-8,13-14,23H,3-4,9-12,15H2,1-2H3,(H,24,26). The molecular weight excluding hydrogens is 442 g/mol. The molecule has 0 bridgehead atoms. The molecule has 1 aromatic heterocycles. The molecule has 1 aromatic carbocycles. The Balaban J connectivity index is 1.72. The molecule has 0 unspecified atom stereocenters. The van der Waals surface area contributed by atoms with E-state index in [1.54, 1.807) is 11.8 Å². The number of sulfonamides is 1. The van der Waals surface area contributed by atoms with Crippen molar-refractivity contribution in [2.24, 2.45) is 0 Å². The first-order valence-corrected chi connectivity index (χ1v) is 13.1. The highest BCUT2D eigenvalue weighted by Crippen LogP contribution is 2.32. The van der Waals surface area contributed by atoms with Gasteiger partial charge in [-0.1, -0.05) is 37.6 Å². The quantitative estimate of drug-likeness (QED) is 0.614. The van der Waals surface area contributed by atoms with Crippen molar-refractivity contribution in [2.75, 3.05) is 31.1 Å². The molecular formula is C21H28ClN3O3S2. The zero-order chi connectivity index (χ0) is 21.8. The summed E-state index contributed by atoms with van der Waals surface area (Å²) < 4.78 is 27.1. The maximum Gasteiger partial charge on any atom is 0.267 e. The summed E-state index contributed by atoms with van der Waals surface area (Å²) in [7, 11) is -3.58. The smallest absolute Gasteiger partial charge is 0.267 e. The van der Waals surface area contributed by atoms with E-state index < -0.39 is 10.0 Å². The fourth-order valence-corrected chi connectivity index (χ4v) is 6.45. The molecule has 1 amide bonds. The van der Waals surface area contributed by atoms with Crippen LogP contribution in [0.5, 0.6) is 0 Å².